The Kier molecular flexibility index (Phi) is 4.37. The molecule has 26 heavy (non-hydrogen) atoms. The average molecular weight is 344 g/mol. The molecule has 0 aliphatic rings. The molecule has 2 heterocycles. The van der Waals surface area contributed by atoms with E-state index in [2.05, 4.69) is 67.3 Å². The number of nitrogens with one attached hydrogen (secondary N) is 1. The molecule has 0 amide bonds. The van der Waals surface area contributed by atoms with Gasteiger partial charge in [-0.2, -0.15) is 0 Å². The van der Waals surface area contributed by atoms with Crippen LogP contribution in [0.25, 0.3) is 33.4 Å². The van der Waals surface area contributed by atoms with E-state index in [1.54, 1.807) is 0 Å². The van der Waals surface area contributed by atoms with Crippen molar-refractivity contribution in [3.05, 3.63) is 65.5 Å². The minimum Gasteiger partial charge on any atom is -0.361 e. The van der Waals surface area contributed by atoms with E-state index in [0.29, 0.717) is 0 Å². The Labute approximate surface area is 154 Å². The Morgan fingerprint density at radius 2 is 1.65 bits per heavy atom. The van der Waals surface area contributed by atoms with Gasteiger partial charge in [-0.1, -0.05) is 32.0 Å². The average Bonchev–Trinajstić information content (AvgIpc) is 3.35. The van der Waals surface area contributed by atoms with Crippen molar-refractivity contribution in [1.82, 2.24) is 10.1 Å². The van der Waals surface area contributed by atoms with Gasteiger partial charge >= 0.3 is 0 Å². The first-order chi connectivity index (χ1) is 12.7. The molecule has 0 radical (unpaired) electrons. The first kappa shape index (κ1) is 16.6. The summed E-state index contributed by atoms with van der Waals surface area (Å²) in [4.78, 5) is 3.24. The third-order valence-corrected chi connectivity index (χ3v) is 5.25. The van der Waals surface area contributed by atoms with Crippen molar-refractivity contribution in [2.24, 2.45) is 0 Å². The van der Waals surface area contributed by atoms with Crippen molar-refractivity contribution < 1.29 is 4.52 Å². The number of benzene rings is 2. The fourth-order valence-electron chi connectivity index (χ4n) is 3.89. The molecule has 132 valence electrons. The largest absolute Gasteiger partial charge is 0.361 e. The van der Waals surface area contributed by atoms with Gasteiger partial charge in [-0.3, -0.25) is 0 Å². The molecular weight excluding hydrogens is 320 g/mol. The van der Waals surface area contributed by atoms with Crippen LogP contribution in [-0.2, 0) is 19.3 Å². The fraction of sp³-hybridized carbons (Fsp3) is 0.261. The molecule has 0 fully saturated rings. The second-order valence-electron chi connectivity index (χ2n) is 6.68. The zero-order valence-corrected chi connectivity index (χ0v) is 15.6. The predicted molar refractivity (Wildman–Crippen MR) is 107 cm³/mol. The van der Waals surface area contributed by atoms with E-state index in [9.17, 15) is 0 Å². The van der Waals surface area contributed by atoms with Crippen molar-refractivity contribution in [1.29, 1.82) is 0 Å². The van der Waals surface area contributed by atoms with Gasteiger partial charge in [0, 0.05) is 22.8 Å². The molecule has 3 nitrogen and oxygen atoms in total. The van der Waals surface area contributed by atoms with Gasteiger partial charge in [0.1, 0.15) is 0 Å². The number of hydrogen-bond acceptors (Lipinski definition) is 2. The van der Waals surface area contributed by atoms with E-state index in [1.807, 2.05) is 12.4 Å². The van der Waals surface area contributed by atoms with Gasteiger partial charge in [-0.25, -0.2) is 0 Å². The standard InChI is InChI=1S/C23H24N2O/c1-4-15-11-19(12-16(5-2)20(15)6-3)23-21(14-25-26-23)17-7-8-22-18(13-17)9-10-24-22/h7-14,24H,4-6H2,1-3H3. The summed E-state index contributed by atoms with van der Waals surface area (Å²) in [6.45, 7) is 6.68. The number of aryl methyl sites for hydroxylation is 2. The second-order valence-corrected chi connectivity index (χ2v) is 6.68. The van der Waals surface area contributed by atoms with Crippen molar-refractivity contribution in [2.75, 3.05) is 0 Å². The Hall–Kier alpha value is -2.81. The quantitative estimate of drug-likeness (QED) is 0.470. The van der Waals surface area contributed by atoms with Gasteiger partial charge in [0.25, 0.3) is 0 Å². The van der Waals surface area contributed by atoms with Crippen LogP contribution in [0.4, 0.5) is 0 Å². The van der Waals surface area contributed by atoms with Crippen LogP contribution >= 0.6 is 0 Å². The number of nitrogens with zero attached hydrogens (tertiary/aromatic N) is 1. The molecule has 0 bridgehead atoms. The highest BCUT2D eigenvalue weighted by Crippen LogP contribution is 2.35. The maximum atomic E-state index is 5.71. The fourth-order valence-corrected chi connectivity index (χ4v) is 3.89. The van der Waals surface area contributed by atoms with Gasteiger partial charge in [0.15, 0.2) is 5.76 Å². The van der Waals surface area contributed by atoms with Gasteiger partial charge < -0.3 is 9.51 Å². The summed E-state index contributed by atoms with van der Waals surface area (Å²) >= 11 is 0. The van der Waals surface area contributed by atoms with Crippen LogP contribution in [-0.4, -0.2) is 10.1 Å². The normalized spacial score (nSPS) is 11.3. The van der Waals surface area contributed by atoms with Crippen molar-refractivity contribution in [3.63, 3.8) is 0 Å². The van der Waals surface area contributed by atoms with E-state index in [1.165, 1.54) is 22.1 Å². The summed E-state index contributed by atoms with van der Waals surface area (Å²) < 4.78 is 5.71. The number of hydrogen-bond donors (Lipinski definition) is 1. The highest BCUT2D eigenvalue weighted by molar-refractivity contribution is 5.88. The third-order valence-electron chi connectivity index (χ3n) is 5.25. The van der Waals surface area contributed by atoms with Gasteiger partial charge in [0.2, 0.25) is 0 Å². The van der Waals surface area contributed by atoms with Crippen LogP contribution in [0.5, 0.6) is 0 Å². The van der Waals surface area contributed by atoms with Crippen LogP contribution in [0.2, 0.25) is 0 Å². The molecule has 3 heteroatoms. The topological polar surface area (TPSA) is 41.8 Å². The molecule has 0 saturated carbocycles. The molecule has 4 rings (SSSR count). The second kappa shape index (κ2) is 6.83. The summed E-state index contributed by atoms with van der Waals surface area (Å²) in [5.74, 6) is 0.854. The maximum Gasteiger partial charge on any atom is 0.174 e. The SMILES string of the molecule is CCc1cc(-c2oncc2-c2ccc3[nH]ccc3c2)cc(CC)c1CC. The maximum absolute atomic E-state index is 5.71. The predicted octanol–water partition coefficient (Wildman–Crippen LogP) is 6.18. The van der Waals surface area contributed by atoms with Gasteiger partial charge in [-0.05, 0) is 77.2 Å². The number of aromatic amines is 1. The van der Waals surface area contributed by atoms with Crippen LogP contribution in [0, 0.1) is 0 Å². The molecule has 2 aromatic carbocycles. The lowest BCUT2D eigenvalue weighted by Crippen LogP contribution is -1.99. The third kappa shape index (κ3) is 2.74. The summed E-state index contributed by atoms with van der Waals surface area (Å²) in [7, 11) is 0. The van der Waals surface area contributed by atoms with E-state index in [-0.39, 0.29) is 0 Å². The Balaban J connectivity index is 1.86. The van der Waals surface area contributed by atoms with E-state index < -0.39 is 0 Å². The molecule has 1 N–H and O–H groups in total. The molecule has 0 spiro atoms. The molecule has 2 aromatic heterocycles. The van der Waals surface area contributed by atoms with Crippen molar-refractivity contribution >= 4 is 10.9 Å². The number of rotatable bonds is 5. The molecule has 0 unspecified atom stereocenters. The van der Waals surface area contributed by atoms with Crippen LogP contribution in [0.1, 0.15) is 37.5 Å². The van der Waals surface area contributed by atoms with E-state index in [0.717, 1.165) is 47.2 Å². The first-order valence-corrected chi connectivity index (χ1v) is 9.42. The zero-order chi connectivity index (χ0) is 18.1. The zero-order valence-electron chi connectivity index (χ0n) is 15.6. The molecule has 0 atom stereocenters. The smallest absolute Gasteiger partial charge is 0.174 e. The Bertz CT molecular complexity index is 1030. The Morgan fingerprint density at radius 3 is 2.35 bits per heavy atom. The molecule has 4 aromatic rings. The van der Waals surface area contributed by atoms with Gasteiger partial charge in [-0.15, -0.1) is 0 Å². The van der Waals surface area contributed by atoms with Crippen LogP contribution in [0.3, 0.4) is 0 Å². The Morgan fingerprint density at radius 1 is 0.885 bits per heavy atom. The van der Waals surface area contributed by atoms with Crippen molar-refractivity contribution in [2.45, 2.75) is 40.0 Å². The highest BCUT2D eigenvalue weighted by Gasteiger charge is 2.16. The lowest BCUT2D eigenvalue weighted by atomic mass is 9.91. The number of aromatic nitrogens is 2. The van der Waals surface area contributed by atoms with Crippen molar-refractivity contribution in [3.8, 4) is 22.5 Å². The van der Waals surface area contributed by atoms with Crippen LogP contribution in [0.15, 0.2) is 53.3 Å². The number of H-pyrrole nitrogens is 1. The molecule has 0 aliphatic carbocycles. The lowest BCUT2D eigenvalue weighted by molar-refractivity contribution is 0.432. The molecular formula is C23H24N2O. The first-order valence-electron chi connectivity index (χ1n) is 9.42. The monoisotopic (exact) mass is 344 g/mol. The summed E-state index contributed by atoms with van der Waals surface area (Å²) in [6.07, 6.45) is 6.92. The molecule has 0 aliphatic heterocycles. The van der Waals surface area contributed by atoms with Gasteiger partial charge in [0.05, 0.1) is 6.20 Å². The van der Waals surface area contributed by atoms with E-state index in [4.69, 9.17) is 4.52 Å². The minimum atomic E-state index is 0.854. The summed E-state index contributed by atoms with van der Waals surface area (Å²) in [6, 6.07) is 13.1. The summed E-state index contributed by atoms with van der Waals surface area (Å²) in [5, 5.41) is 5.31. The number of fused-ring (bicyclic) bond motifs is 1. The minimum absolute atomic E-state index is 0.854. The summed E-state index contributed by atoms with van der Waals surface area (Å²) in [5.41, 5.74) is 8.73. The van der Waals surface area contributed by atoms with Crippen LogP contribution < -0.4 is 0 Å². The lowest BCUT2D eigenvalue weighted by Gasteiger charge is -2.14. The van der Waals surface area contributed by atoms with E-state index >= 15 is 0 Å². The molecule has 0 saturated heterocycles. The highest BCUT2D eigenvalue weighted by atomic mass is 16.5.